The maximum absolute atomic E-state index is 11.5. The van der Waals surface area contributed by atoms with Crippen LogP contribution in [0.5, 0.6) is 0 Å². The maximum Gasteiger partial charge on any atom is 0.303 e. The van der Waals surface area contributed by atoms with E-state index < -0.39 is 0 Å². The largest absolute Gasteiger partial charge is 0.449 e. The third-order valence-electron chi connectivity index (χ3n) is 4.11. The van der Waals surface area contributed by atoms with Gasteiger partial charge in [-0.2, -0.15) is 0 Å². The Labute approximate surface area is 157 Å². The van der Waals surface area contributed by atoms with Gasteiger partial charge in [-0.3, -0.25) is 4.79 Å². The van der Waals surface area contributed by atoms with Gasteiger partial charge in [-0.25, -0.2) is 0 Å². The molecule has 1 aliphatic heterocycles. The normalized spacial score (nSPS) is 26.6. The zero-order valence-corrected chi connectivity index (χ0v) is 17.1. The lowest BCUT2D eigenvalue weighted by Crippen LogP contribution is -2.54. The molecular formula is C19H36O5S. The third kappa shape index (κ3) is 8.76. The van der Waals surface area contributed by atoms with Gasteiger partial charge in [0, 0.05) is 32.5 Å². The summed E-state index contributed by atoms with van der Waals surface area (Å²) in [6.07, 6.45) is 5.79. The van der Waals surface area contributed by atoms with Crippen molar-refractivity contribution in [3.8, 4) is 0 Å². The number of unbranched alkanes of at least 4 members (excludes halogenated alkanes) is 3. The van der Waals surface area contributed by atoms with Gasteiger partial charge in [0.15, 0.2) is 5.44 Å². The number of ether oxygens (including phenoxy) is 4. The number of hydrogen-bond acceptors (Lipinski definition) is 6. The summed E-state index contributed by atoms with van der Waals surface area (Å²) in [5, 5.41) is 0. The molecule has 1 aliphatic rings. The van der Waals surface area contributed by atoms with E-state index in [0.29, 0.717) is 13.2 Å². The summed E-state index contributed by atoms with van der Waals surface area (Å²) in [5.41, 5.74) is -0.327. The number of rotatable bonds is 13. The first-order valence-corrected chi connectivity index (χ1v) is 10.8. The Morgan fingerprint density at radius 2 is 1.40 bits per heavy atom. The van der Waals surface area contributed by atoms with Crippen LogP contribution in [-0.2, 0) is 23.7 Å². The van der Waals surface area contributed by atoms with Crippen molar-refractivity contribution in [2.75, 3.05) is 25.6 Å². The molecule has 0 radical (unpaired) electrons. The van der Waals surface area contributed by atoms with Crippen LogP contribution in [0.2, 0.25) is 0 Å². The second-order valence-electron chi connectivity index (χ2n) is 6.45. The van der Waals surface area contributed by atoms with E-state index >= 15 is 0 Å². The summed E-state index contributed by atoms with van der Waals surface area (Å²) in [6.45, 7) is 9.94. The topological polar surface area (TPSA) is 54.0 Å². The minimum absolute atomic E-state index is 0.0214. The Hall–Kier alpha value is -0.300. The van der Waals surface area contributed by atoms with Crippen molar-refractivity contribution in [3.05, 3.63) is 0 Å². The molecule has 25 heavy (non-hydrogen) atoms. The Morgan fingerprint density at radius 1 is 0.880 bits per heavy atom. The van der Waals surface area contributed by atoms with E-state index in [0.717, 1.165) is 50.9 Å². The number of hydrogen-bond donors (Lipinski definition) is 0. The number of carbonyl (C=O) groups excluding carboxylic acids is 1. The van der Waals surface area contributed by atoms with Gasteiger partial charge in [0.1, 0.15) is 12.2 Å². The molecule has 1 heterocycles. The molecule has 0 saturated carbocycles. The van der Waals surface area contributed by atoms with Crippen molar-refractivity contribution in [1.29, 1.82) is 0 Å². The first-order valence-electron chi connectivity index (χ1n) is 9.77. The van der Waals surface area contributed by atoms with Crippen molar-refractivity contribution in [3.63, 3.8) is 0 Å². The molecule has 0 aromatic heterocycles. The van der Waals surface area contributed by atoms with Gasteiger partial charge in [-0.15, -0.1) is 11.8 Å². The van der Waals surface area contributed by atoms with Crippen molar-refractivity contribution in [2.24, 2.45) is 0 Å². The lowest BCUT2D eigenvalue weighted by atomic mass is 10.1. The summed E-state index contributed by atoms with van der Waals surface area (Å²) in [4.78, 5) is 11.5. The Balaban J connectivity index is 2.79. The van der Waals surface area contributed by atoms with E-state index in [1.54, 1.807) is 11.8 Å². The highest BCUT2D eigenvalue weighted by atomic mass is 32.2. The quantitative estimate of drug-likeness (QED) is 0.355. The van der Waals surface area contributed by atoms with Crippen molar-refractivity contribution >= 4 is 17.7 Å². The molecule has 1 fully saturated rings. The van der Waals surface area contributed by atoms with Crippen molar-refractivity contribution in [1.82, 2.24) is 0 Å². The van der Waals surface area contributed by atoms with Crippen LogP contribution in [0.4, 0.5) is 0 Å². The van der Waals surface area contributed by atoms with E-state index in [-0.39, 0.29) is 29.7 Å². The van der Waals surface area contributed by atoms with Gasteiger partial charge in [0.2, 0.25) is 0 Å². The van der Waals surface area contributed by atoms with Gasteiger partial charge >= 0.3 is 5.97 Å². The highest BCUT2D eigenvalue weighted by molar-refractivity contribution is 7.99. The third-order valence-corrected chi connectivity index (χ3v) is 5.33. The van der Waals surface area contributed by atoms with Crippen LogP contribution in [0.15, 0.2) is 0 Å². The van der Waals surface area contributed by atoms with E-state index in [1.807, 2.05) is 0 Å². The highest BCUT2D eigenvalue weighted by Gasteiger charge is 2.44. The van der Waals surface area contributed by atoms with E-state index in [9.17, 15) is 4.79 Å². The second kappa shape index (κ2) is 13.8. The summed E-state index contributed by atoms with van der Waals surface area (Å²) >= 11 is 1.59. The lowest BCUT2D eigenvalue weighted by molar-refractivity contribution is -0.173. The monoisotopic (exact) mass is 376 g/mol. The van der Waals surface area contributed by atoms with Gasteiger partial charge in [-0.05, 0) is 19.3 Å². The van der Waals surface area contributed by atoms with Gasteiger partial charge in [-0.1, -0.05) is 40.0 Å². The molecule has 0 bridgehead atoms. The molecule has 148 valence electrons. The summed E-state index contributed by atoms with van der Waals surface area (Å²) in [5.74, 6) is 0.478. The predicted molar refractivity (Wildman–Crippen MR) is 102 cm³/mol. The van der Waals surface area contributed by atoms with Crippen molar-refractivity contribution < 1.29 is 23.7 Å². The molecule has 1 unspecified atom stereocenters. The smallest absolute Gasteiger partial charge is 0.303 e. The zero-order valence-electron chi connectivity index (χ0n) is 16.3. The average molecular weight is 377 g/mol. The Kier molecular flexibility index (Phi) is 12.6. The number of carbonyl (C=O) groups is 1. The second-order valence-corrected chi connectivity index (χ2v) is 7.58. The van der Waals surface area contributed by atoms with Crippen LogP contribution < -0.4 is 0 Å². The van der Waals surface area contributed by atoms with Crippen LogP contribution in [0.1, 0.15) is 66.2 Å². The van der Waals surface area contributed by atoms with Crippen LogP contribution in [0, 0.1) is 0 Å². The molecule has 0 aromatic carbocycles. The van der Waals surface area contributed by atoms with E-state index in [4.69, 9.17) is 18.9 Å². The molecule has 5 nitrogen and oxygen atoms in total. The first-order chi connectivity index (χ1) is 12.1. The molecule has 0 spiro atoms. The molecule has 1 rings (SSSR count). The molecule has 4 atom stereocenters. The van der Waals surface area contributed by atoms with Gasteiger partial charge in [0.05, 0.1) is 6.10 Å². The Bertz CT molecular complexity index is 353. The zero-order chi connectivity index (χ0) is 18.5. The molecular weight excluding hydrogens is 340 g/mol. The summed E-state index contributed by atoms with van der Waals surface area (Å²) in [7, 11) is 0. The lowest BCUT2D eigenvalue weighted by Gasteiger charge is -2.41. The van der Waals surface area contributed by atoms with Crippen LogP contribution in [0.25, 0.3) is 0 Å². The minimum Gasteiger partial charge on any atom is -0.449 e. The SMILES string of the molecule is CCCCO[C@H]1[C@H](OCCCC)CSC(OC(C)=O)[C@@H]1OCCCC. The molecule has 0 aliphatic carbocycles. The summed E-state index contributed by atoms with van der Waals surface area (Å²) < 4.78 is 23.9. The Morgan fingerprint density at radius 3 is 1.92 bits per heavy atom. The number of thioether (sulfide) groups is 1. The van der Waals surface area contributed by atoms with Gasteiger partial charge in [0.25, 0.3) is 0 Å². The van der Waals surface area contributed by atoms with Crippen LogP contribution >= 0.6 is 11.8 Å². The minimum atomic E-state index is -0.327. The predicted octanol–water partition coefficient (Wildman–Crippen LogP) is 4.18. The molecule has 0 N–H and O–H groups in total. The van der Waals surface area contributed by atoms with Crippen molar-refractivity contribution in [2.45, 2.75) is 90.0 Å². The fourth-order valence-electron chi connectivity index (χ4n) is 2.64. The highest BCUT2D eigenvalue weighted by Crippen LogP contribution is 2.33. The fraction of sp³-hybridized carbons (Fsp3) is 0.947. The number of esters is 1. The fourth-order valence-corrected chi connectivity index (χ4v) is 3.93. The van der Waals surface area contributed by atoms with E-state index in [1.165, 1.54) is 6.92 Å². The summed E-state index contributed by atoms with van der Waals surface area (Å²) in [6, 6.07) is 0. The van der Waals surface area contributed by atoms with E-state index in [2.05, 4.69) is 20.8 Å². The average Bonchev–Trinajstić information content (AvgIpc) is 2.58. The van der Waals surface area contributed by atoms with Crippen LogP contribution in [-0.4, -0.2) is 55.3 Å². The first kappa shape index (κ1) is 22.7. The molecule has 6 heteroatoms. The molecule has 0 aromatic rings. The van der Waals surface area contributed by atoms with Crippen LogP contribution in [0.3, 0.4) is 0 Å². The molecule has 1 saturated heterocycles. The maximum atomic E-state index is 11.5. The molecule has 0 amide bonds. The van der Waals surface area contributed by atoms with Gasteiger partial charge < -0.3 is 18.9 Å². The standard InChI is InChI=1S/C19H36O5S/c1-5-8-11-21-16-14-25-19(24-15(4)20)18(23-13-10-7-3)17(16)22-12-9-6-2/h16-19H,5-14H2,1-4H3/t16-,17+,18-,19?/m1/s1.